The minimum Gasteiger partial charge on any atom is -0.394 e. The number of hydrogen-bond acceptors (Lipinski definition) is 5. The topological polar surface area (TPSA) is 85.2 Å². The van der Waals surface area contributed by atoms with Crippen molar-refractivity contribution in [3.05, 3.63) is 0 Å². The van der Waals surface area contributed by atoms with Crippen LogP contribution < -0.4 is 0 Å². The van der Waals surface area contributed by atoms with Gasteiger partial charge in [0.15, 0.2) is 0 Å². The fourth-order valence-electron chi connectivity index (χ4n) is 5.43. The summed E-state index contributed by atoms with van der Waals surface area (Å²) in [6, 6.07) is 0. The molecule has 0 bridgehead atoms. The van der Waals surface area contributed by atoms with Crippen LogP contribution in [-0.2, 0) is 18.3 Å². The van der Waals surface area contributed by atoms with Crippen LogP contribution in [0.15, 0.2) is 0 Å². The maximum absolute atomic E-state index is 12.2. The Balaban J connectivity index is 3.51. The van der Waals surface area contributed by atoms with Gasteiger partial charge in [-0.05, 0) is 12.8 Å². The van der Waals surface area contributed by atoms with Gasteiger partial charge in [0.25, 0.3) is 0 Å². The van der Waals surface area contributed by atoms with Gasteiger partial charge in [-0.15, -0.1) is 0 Å². The smallest absolute Gasteiger partial charge is 0.394 e. The first-order valence-corrected chi connectivity index (χ1v) is 19.9. The second-order valence-electron chi connectivity index (χ2n) is 12.5. The summed E-state index contributed by atoms with van der Waals surface area (Å²) in [6.07, 6.45) is 35.2. The van der Waals surface area contributed by atoms with Crippen molar-refractivity contribution in [3.8, 4) is 0 Å². The molecule has 0 radical (unpaired) electrons. The first-order valence-electron chi connectivity index (χ1n) is 18.4. The Morgan fingerprint density at radius 1 is 0.500 bits per heavy atom. The Bertz CT molecular complexity index is 562. The molecule has 0 aliphatic rings. The molecule has 0 fully saturated rings. The number of ether oxygens (including phenoxy) is 1. The number of unbranched alkanes of at least 4 members (excludes halogenated alkanes) is 26. The summed E-state index contributed by atoms with van der Waals surface area (Å²) in [5, 5.41) is 9.53. The van der Waals surface area contributed by atoms with Crippen LogP contribution in [0.5, 0.6) is 0 Å². The zero-order chi connectivity index (χ0) is 30.8. The Morgan fingerprint density at radius 2 is 0.810 bits per heavy atom. The molecule has 0 saturated heterocycles. The Kier molecular flexibility index (Phi) is 33.9. The fraction of sp³-hybridized carbons (Fsp3) is 1.00. The van der Waals surface area contributed by atoms with Crippen molar-refractivity contribution in [1.82, 2.24) is 0 Å². The molecule has 0 rings (SSSR count). The molecule has 0 aromatic heterocycles. The minimum absolute atomic E-state index is 0.0989. The molecule has 254 valence electrons. The first kappa shape index (κ1) is 42.0. The normalized spacial score (nSPS) is 13.9. The van der Waals surface area contributed by atoms with Crippen molar-refractivity contribution in [2.24, 2.45) is 0 Å². The van der Waals surface area contributed by atoms with E-state index in [1.165, 1.54) is 148 Å². The van der Waals surface area contributed by atoms with Crippen molar-refractivity contribution < 1.29 is 28.3 Å². The van der Waals surface area contributed by atoms with Crippen LogP contribution in [0.2, 0.25) is 0 Å². The van der Waals surface area contributed by atoms with Crippen LogP contribution in [0.4, 0.5) is 0 Å². The predicted octanol–water partition coefficient (Wildman–Crippen LogP) is 11.5. The quantitative estimate of drug-likeness (QED) is 0.0535. The van der Waals surface area contributed by atoms with Gasteiger partial charge in [-0.3, -0.25) is 9.05 Å². The van der Waals surface area contributed by atoms with Gasteiger partial charge < -0.3 is 14.7 Å². The van der Waals surface area contributed by atoms with E-state index >= 15 is 0 Å². The van der Waals surface area contributed by atoms with Gasteiger partial charge in [0, 0.05) is 6.61 Å². The molecule has 7 heteroatoms. The van der Waals surface area contributed by atoms with Gasteiger partial charge in [-0.2, -0.15) is 0 Å². The zero-order valence-corrected chi connectivity index (χ0v) is 29.1. The van der Waals surface area contributed by atoms with E-state index in [2.05, 4.69) is 13.8 Å². The molecule has 42 heavy (non-hydrogen) atoms. The molecule has 2 atom stereocenters. The highest BCUT2D eigenvalue weighted by atomic mass is 31.2. The van der Waals surface area contributed by atoms with Crippen molar-refractivity contribution >= 4 is 7.82 Å². The summed E-state index contributed by atoms with van der Waals surface area (Å²) in [4.78, 5) is 10.00. The van der Waals surface area contributed by atoms with Crippen LogP contribution in [0.1, 0.15) is 194 Å². The lowest BCUT2D eigenvalue weighted by molar-refractivity contribution is -0.00162. The van der Waals surface area contributed by atoms with Crippen molar-refractivity contribution in [2.45, 2.75) is 200 Å². The molecule has 0 aromatic carbocycles. The molecular weight excluding hydrogens is 547 g/mol. The molecule has 0 aliphatic heterocycles. The summed E-state index contributed by atoms with van der Waals surface area (Å²) in [6.45, 7) is 5.04. The molecule has 2 N–H and O–H groups in total. The van der Waals surface area contributed by atoms with Crippen molar-refractivity contribution in [3.63, 3.8) is 0 Å². The maximum atomic E-state index is 12.2. The van der Waals surface area contributed by atoms with Crippen molar-refractivity contribution in [1.29, 1.82) is 0 Å². The zero-order valence-electron chi connectivity index (χ0n) is 28.2. The second-order valence-corrected chi connectivity index (χ2v) is 13.9. The molecule has 0 amide bonds. The lowest BCUT2D eigenvalue weighted by atomic mass is 10.0. The predicted molar refractivity (Wildman–Crippen MR) is 179 cm³/mol. The first-order chi connectivity index (χ1) is 20.6. The Hall–Kier alpha value is 0.0300. The number of phosphoric ester groups is 1. The number of rotatable bonds is 36. The van der Waals surface area contributed by atoms with Gasteiger partial charge in [0.1, 0.15) is 6.10 Å². The largest absolute Gasteiger partial charge is 0.472 e. The fourth-order valence-corrected chi connectivity index (χ4v) is 6.35. The van der Waals surface area contributed by atoms with Crippen LogP contribution >= 0.6 is 7.82 Å². The van der Waals surface area contributed by atoms with Crippen LogP contribution in [0, 0.1) is 0 Å². The molecule has 0 aliphatic carbocycles. The summed E-state index contributed by atoms with van der Waals surface area (Å²) >= 11 is 0. The highest BCUT2D eigenvalue weighted by Gasteiger charge is 2.26. The van der Waals surface area contributed by atoms with E-state index in [4.69, 9.17) is 13.8 Å². The molecule has 0 spiro atoms. The van der Waals surface area contributed by atoms with E-state index in [1.54, 1.807) is 0 Å². The standard InChI is InChI=1S/C35H73O6P/c1-3-5-7-9-11-13-15-17-19-21-23-25-27-29-31-39-34-35(33-36)41-42(37,38)40-32-30-28-26-24-22-20-18-16-14-12-10-8-6-4-2/h35-36H,3-34H2,1-2H3,(H,37,38). The lowest BCUT2D eigenvalue weighted by Gasteiger charge is -2.19. The molecule has 0 saturated carbocycles. The van der Waals surface area contributed by atoms with E-state index in [9.17, 15) is 14.6 Å². The van der Waals surface area contributed by atoms with Crippen molar-refractivity contribution in [2.75, 3.05) is 26.4 Å². The molecule has 0 aromatic rings. The van der Waals surface area contributed by atoms with Crippen LogP contribution in [0.25, 0.3) is 0 Å². The number of aliphatic hydroxyl groups excluding tert-OH is 1. The molecular formula is C35H73O6P. The SMILES string of the molecule is CCCCCCCCCCCCCCCCOCC(CO)OP(=O)(O)OCCCCCCCCCCCCCCCC. The van der Waals surface area contributed by atoms with E-state index < -0.39 is 13.9 Å². The maximum Gasteiger partial charge on any atom is 0.472 e. The summed E-state index contributed by atoms with van der Waals surface area (Å²) in [5.41, 5.74) is 0. The number of aliphatic hydroxyl groups is 1. The summed E-state index contributed by atoms with van der Waals surface area (Å²) in [7, 11) is -4.18. The van der Waals surface area contributed by atoms with Gasteiger partial charge in [0.05, 0.1) is 19.8 Å². The number of hydrogen-bond donors (Lipinski definition) is 2. The van der Waals surface area contributed by atoms with Gasteiger partial charge in [-0.1, -0.05) is 181 Å². The molecule has 6 nitrogen and oxygen atoms in total. The van der Waals surface area contributed by atoms with Gasteiger partial charge in [-0.25, -0.2) is 4.57 Å². The minimum atomic E-state index is -4.18. The van der Waals surface area contributed by atoms with E-state index in [1.807, 2.05) is 0 Å². The van der Waals surface area contributed by atoms with E-state index in [0.717, 1.165) is 32.1 Å². The third kappa shape index (κ3) is 32.9. The summed E-state index contributed by atoms with van der Waals surface area (Å²) in [5.74, 6) is 0. The third-order valence-corrected chi connectivity index (χ3v) is 9.26. The van der Waals surface area contributed by atoms with Crippen LogP contribution in [0.3, 0.4) is 0 Å². The van der Waals surface area contributed by atoms with Gasteiger partial charge >= 0.3 is 7.82 Å². The summed E-state index contributed by atoms with van der Waals surface area (Å²) < 4.78 is 28.1. The second kappa shape index (κ2) is 33.9. The van der Waals surface area contributed by atoms with E-state index in [-0.39, 0.29) is 19.8 Å². The highest BCUT2D eigenvalue weighted by Crippen LogP contribution is 2.44. The lowest BCUT2D eigenvalue weighted by Crippen LogP contribution is -2.23. The third-order valence-electron chi connectivity index (χ3n) is 8.18. The number of phosphoric acid groups is 1. The van der Waals surface area contributed by atoms with Gasteiger partial charge in [0.2, 0.25) is 0 Å². The molecule has 2 unspecified atom stereocenters. The molecule has 0 heterocycles. The van der Waals surface area contributed by atoms with Crippen LogP contribution in [-0.4, -0.2) is 42.5 Å². The highest BCUT2D eigenvalue weighted by molar-refractivity contribution is 7.47. The average Bonchev–Trinajstić information content (AvgIpc) is 2.98. The Morgan fingerprint density at radius 3 is 1.14 bits per heavy atom. The monoisotopic (exact) mass is 621 g/mol. The average molecular weight is 621 g/mol. The van der Waals surface area contributed by atoms with E-state index in [0.29, 0.717) is 6.61 Å². The Labute approximate surface area is 262 Å².